The van der Waals surface area contributed by atoms with Crippen LogP contribution in [-0.4, -0.2) is 102 Å². The second kappa shape index (κ2) is 17.8. The number of rotatable bonds is 11. The molecule has 1 aromatic carbocycles. The van der Waals surface area contributed by atoms with Gasteiger partial charge in [-0.15, -0.1) is 11.3 Å². The minimum Gasteiger partial charge on any atom is -0.497 e. The summed E-state index contributed by atoms with van der Waals surface area (Å²) in [4.78, 5) is 67.6. The van der Waals surface area contributed by atoms with Crippen LogP contribution in [-0.2, 0) is 29.1 Å². The maximum absolute atomic E-state index is 14.8. The fourth-order valence-electron chi connectivity index (χ4n) is 8.60. The first kappa shape index (κ1) is 42.7. The van der Waals surface area contributed by atoms with Gasteiger partial charge in [0.2, 0.25) is 21.8 Å². The molecule has 61 heavy (non-hydrogen) atoms. The molecule has 4 fully saturated rings. The van der Waals surface area contributed by atoms with Crippen LogP contribution in [0.15, 0.2) is 41.8 Å². The number of ether oxygens (including phenoxy) is 3. The Hall–Kier alpha value is -4.97. The molecule has 4 N–H and O–H groups in total. The SMILES string of the molecule is COc1ccc2c(O[C@@H]3C[C@H]4C(=O)N[C@]5(C(=O)NS(=O)(=O)C6CC6)C[C@H]5/C=C\CCCCC[C@H](NC(=O)OC5CCCC5)C(=O)N4C3)cc(-c3csc(NC(C)C)n3)nc2c1. The van der Waals surface area contributed by atoms with Crippen molar-refractivity contribution in [2.75, 3.05) is 19.0 Å². The Kier molecular flexibility index (Phi) is 12.5. The van der Waals surface area contributed by atoms with Gasteiger partial charge in [-0.1, -0.05) is 25.0 Å². The minimum atomic E-state index is -3.91. The van der Waals surface area contributed by atoms with Crippen LogP contribution in [0.25, 0.3) is 22.3 Å². The first-order valence-corrected chi connectivity index (χ1v) is 23.9. The molecule has 0 radical (unpaired) electrons. The van der Waals surface area contributed by atoms with E-state index in [2.05, 4.69) is 20.7 Å². The number of pyridine rings is 1. The van der Waals surface area contributed by atoms with Gasteiger partial charge < -0.3 is 35.1 Å². The Bertz CT molecular complexity index is 2290. The molecular formula is C43H55N7O9S2. The Morgan fingerprint density at radius 1 is 0.984 bits per heavy atom. The lowest BCUT2D eigenvalue weighted by Gasteiger charge is -2.30. The van der Waals surface area contributed by atoms with E-state index in [0.717, 1.165) is 43.7 Å². The van der Waals surface area contributed by atoms with Gasteiger partial charge in [-0.3, -0.25) is 19.1 Å². The normalized spacial score (nSPS) is 26.7. The van der Waals surface area contributed by atoms with E-state index in [9.17, 15) is 27.6 Å². The van der Waals surface area contributed by atoms with Crippen molar-refractivity contribution in [1.82, 2.24) is 30.2 Å². The smallest absolute Gasteiger partial charge is 0.408 e. The van der Waals surface area contributed by atoms with Crippen LogP contribution in [0.4, 0.5) is 9.93 Å². The van der Waals surface area contributed by atoms with Crippen LogP contribution in [0, 0.1) is 5.92 Å². The summed E-state index contributed by atoms with van der Waals surface area (Å²) in [5, 5.41) is 11.8. The van der Waals surface area contributed by atoms with Gasteiger partial charge in [0.05, 0.1) is 30.1 Å². The number of carbonyl (C=O) groups is 4. The molecule has 5 aliphatic rings. The van der Waals surface area contributed by atoms with E-state index >= 15 is 0 Å². The third-order valence-corrected chi connectivity index (χ3v) is 14.8. The average molecular weight is 878 g/mol. The molecule has 8 rings (SSSR count). The molecule has 3 aliphatic carbocycles. The molecule has 2 aromatic heterocycles. The molecule has 5 atom stereocenters. The van der Waals surface area contributed by atoms with E-state index in [-0.39, 0.29) is 31.5 Å². The van der Waals surface area contributed by atoms with Crippen LogP contribution in [0.1, 0.15) is 97.3 Å². The van der Waals surface area contributed by atoms with Gasteiger partial charge in [-0.05, 0) is 90.2 Å². The van der Waals surface area contributed by atoms with Crippen LogP contribution in [0.5, 0.6) is 11.5 Å². The highest BCUT2D eigenvalue weighted by Gasteiger charge is 2.62. The van der Waals surface area contributed by atoms with Crippen molar-refractivity contribution in [2.24, 2.45) is 5.92 Å². The number of methoxy groups -OCH3 is 1. The monoisotopic (exact) mass is 877 g/mol. The summed E-state index contributed by atoms with van der Waals surface area (Å²) >= 11 is 1.46. The summed E-state index contributed by atoms with van der Waals surface area (Å²) in [6.45, 7) is 4.05. The van der Waals surface area contributed by atoms with Crippen LogP contribution >= 0.6 is 11.3 Å². The zero-order valence-electron chi connectivity index (χ0n) is 34.8. The summed E-state index contributed by atoms with van der Waals surface area (Å²) in [6, 6.07) is 5.31. The lowest BCUT2D eigenvalue weighted by atomic mass is 10.0. The van der Waals surface area contributed by atoms with E-state index in [1.54, 1.807) is 25.3 Å². The summed E-state index contributed by atoms with van der Waals surface area (Å²) in [5.74, 6) is -1.26. The first-order valence-electron chi connectivity index (χ1n) is 21.5. The van der Waals surface area contributed by atoms with Gasteiger partial charge in [-0.2, -0.15) is 0 Å². The number of alkyl carbamates (subject to hydrolysis) is 1. The van der Waals surface area contributed by atoms with Crippen molar-refractivity contribution < 1.29 is 41.8 Å². The number of hydrogen-bond acceptors (Lipinski definition) is 13. The number of nitrogens with zero attached hydrogens (tertiary/aromatic N) is 3. The lowest BCUT2D eigenvalue weighted by Crippen LogP contribution is -2.58. The van der Waals surface area contributed by atoms with E-state index in [1.807, 2.05) is 37.4 Å². The molecule has 3 saturated carbocycles. The molecule has 4 amide bonds. The fraction of sp³-hybridized carbons (Fsp3) is 0.581. The summed E-state index contributed by atoms with van der Waals surface area (Å²) < 4.78 is 46.2. The number of nitrogens with one attached hydrogen (secondary N) is 4. The molecule has 0 bridgehead atoms. The topological polar surface area (TPSA) is 207 Å². The number of amides is 4. The number of thiazole rings is 1. The number of sulfonamides is 1. The number of allylic oxidation sites excluding steroid dienone is 1. The van der Waals surface area contributed by atoms with Gasteiger partial charge in [0, 0.05) is 41.3 Å². The van der Waals surface area contributed by atoms with Crippen molar-refractivity contribution >= 4 is 61.2 Å². The highest BCUT2D eigenvalue weighted by atomic mass is 32.2. The average Bonchev–Trinajstić information content (AvgIpc) is 4.00. The molecule has 4 heterocycles. The highest BCUT2D eigenvalue weighted by molar-refractivity contribution is 7.91. The number of carbonyl (C=O) groups excluding carboxylic acids is 4. The highest BCUT2D eigenvalue weighted by Crippen LogP contribution is 2.46. The maximum atomic E-state index is 14.8. The van der Waals surface area contributed by atoms with Crippen molar-refractivity contribution in [3.63, 3.8) is 0 Å². The summed E-state index contributed by atoms with van der Waals surface area (Å²) in [6.07, 6.45) is 10.1. The number of benzene rings is 1. The van der Waals surface area contributed by atoms with Gasteiger partial charge in [0.1, 0.15) is 47.0 Å². The standard InChI is InChI=1S/C43H55N7O9S2/c1-25(2)44-41-46-35(24-60-41)34-21-37(31-18-15-28(57-3)19-33(31)45-34)58-29-20-36-38(51)48-43(40(53)49-61(55,56)30-16-17-30)22-26(43)11-7-5-4-6-8-14-32(39(52)50(36)23-29)47-42(54)59-27-12-9-10-13-27/h7,11,15,18-19,21,24-27,29-30,32,36H,4-6,8-10,12-14,16-17,20,22-23H2,1-3H3,(H,44,46)(H,47,54)(H,48,51)(H,49,53)/b11-7-/t26-,29-,32+,36+,43-/m1/s1. The van der Waals surface area contributed by atoms with E-state index in [4.69, 9.17) is 24.2 Å². The summed E-state index contributed by atoms with van der Waals surface area (Å²) in [5.41, 5.74) is 0.262. The third-order valence-electron chi connectivity index (χ3n) is 12.2. The van der Waals surface area contributed by atoms with Crippen molar-refractivity contribution in [2.45, 2.75) is 138 Å². The number of hydrogen-bond donors (Lipinski definition) is 4. The quantitative estimate of drug-likeness (QED) is 0.174. The van der Waals surface area contributed by atoms with Crippen LogP contribution in [0.3, 0.4) is 0 Å². The first-order chi connectivity index (χ1) is 29.3. The van der Waals surface area contributed by atoms with Gasteiger partial charge in [0.25, 0.3) is 5.91 Å². The number of aromatic nitrogens is 2. The van der Waals surface area contributed by atoms with Gasteiger partial charge in [-0.25, -0.2) is 23.2 Å². The zero-order valence-corrected chi connectivity index (χ0v) is 36.4. The predicted molar refractivity (Wildman–Crippen MR) is 230 cm³/mol. The zero-order chi connectivity index (χ0) is 42.9. The number of anilines is 1. The molecule has 2 aliphatic heterocycles. The molecule has 0 spiro atoms. The molecule has 18 heteroatoms. The molecule has 3 aromatic rings. The second-order valence-corrected chi connectivity index (χ2v) is 20.0. The fourth-order valence-corrected chi connectivity index (χ4v) is 10.8. The van der Waals surface area contributed by atoms with Crippen molar-refractivity contribution in [3.05, 3.63) is 41.8 Å². The lowest BCUT2D eigenvalue weighted by molar-refractivity contribution is -0.141. The Labute approximate surface area is 360 Å². The Morgan fingerprint density at radius 3 is 2.52 bits per heavy atom. The molecule has 1 saturated heterocycles. The predicted octanol–water partition coefficient (Wildman–Crippen LogP) is 5.58. The van der Waals surface area contributed by atoms with Crippen molar-refractivity contribution in [3.8, 4) is 22.9 Å². The van der Waals surface area contributed by atoms with Crippen LogP contribution in [0.2, 0.25) is 0 Å². The molecule has 16 nitrogen and oxygen atoms in total. The molecule has 0 unspecified atom stereocenters. The molecular weight excluding hydrogens is 823 g/mol. The number of fused-ring (bicyclic) bond motifs is 3. The Balaban J connectivity index is 1.11. The van der Waals surface area contributed by atoms with Gasteiger partial charge in [0.15, 0.2) is 5.13 Å². The second-order valence-electron chi connectivity index (χ2n) is 17.2. The summed E-state index contributed by atoms with van der Waals surface area (Å²) in [7, 11) is -2.34. The van der Waals surface area contributed by atoms with Crippen LogP contribution < -0.4 is 30.1 Å². The van der Waals surface area contributed by atoms with E-state index in [1.165, 1.54) is 16.2 Å². The van der Waals surface area contributed by atoms with Gasteiger partial charge >= 0.3 is 6.09 Å². The van der Waals surface area contributed by atoms with E-state index in [0.29, 0.717) is 65.9 Å². The van der Waals surface area contributed by atoms with Crippen molar-refractivity contribution in [1.29, 1.82) is 0 Å². The van der Waals surface area contributed by atoms with E-state index < -0.39 is 68.7 Å². The largest absolute Gasteiger partial charge is 0.497 e. The third kappa shape index (κ3) is 9.74. The molecule has 328 valence electrons. The Morgan fingerprint density at radius 2 is 1.77 bits per heavy atom. The maximum Gasteiger partial charge on any atom is 0.408 e. The minimum absolute atomic E-state index is 0.0141.